The highest BCUT2D eigenvalue weighted by Gasteiger charge is 2.60. The zero-order valence-corrected chi connectivity index (χ0v) is 12.6. The van der Waals surface area contributed by atoms with Crippen molar-refractivity contribution in [2.75, 3.05) is 13.2 Å². The maximum absolute atomic E-state index is 12.6. The first-order valence-corrected chi connectivity index (χ1v) is 7.65. The minimum atomic E-state index is -1.34. The predicted octanol–water partition coefficient (Wildman–Crippen LogP) is 2.14. The van der Waals surface area contributed by atoms with Crippen molar-refractivity contribution >= 4 is 17.7 Å². The summed E-state index contributed by atoms with van der Waals surface area (Å²) in [5.74, 6) is -1.34. The second-order valence-corrected chi connectivity index (χ2v) is 5.76. The van der Waals surface area contributed by atoms with Gasteiger partial charge in [0.2, 0.25) is 0 Å². The lowest BCUT2D eigenvalue weighted by molar-refractivity contribution is -0.177. The minimum absolute atomic E-state index is 0.156. The van der Waals surface area contributed by atoms with Gasteiger partial charge >= 0.3 is 11.9 Å². The Morgan fingerprint density at radius 2 is 1.86 bits per heavy atom. The van der Waals surface area contributed by atoms with Gasteiger partial charge in [0, 0.05) is 5.92 Å². The Morgan fingerprint density at radius 3 is 2.38 bits per heavy atom. The molecule has 3 aliphatic carbocycles. The third-order valence-electron chi connectivity index (χ3n) is 4.62. The van der Waals surface area contributed by atoms with E-state index >= 15 is 0 Å². The largest absolute Gasteiger partial charge is 0.465 e. The molecular formula is C15H23NO5. The highest BCUT2D eigenvalue weighted by molar-refractivity contribution is 6.07. The number of oxime groups is 1. The summed E-state index contributed by atoms with van der Waals surface area (Å²) in [5.41, 5.74) is -0.808. The van der Waals surface area contributed by atoms with Crippen LogP contribution in [0.25, 0.3) is 0 Å². The van der Waals surface area contributed by atoms with Crippen molar-refractivity contribution in [3.05, 3.63) is 0 Å². The molecule has 0 amide bonds. The summed E-state index contributed by atoms with van der Waals surface area (Å²) in [6.45, 7) is 3.85. The molecule has 2 bridgehead atoms. The molecule has 21 heavy (non-hydrogen) atoms. The van der Waals surface area contributed by atoms with E-state index in [4.69, 9.17) is 9.47 Å². The third kappa shape index (κ3) is 2.63. The van der Waals surface area contributed by atoms with Gasteiger partial charge in [-0.05, 0) is 39.0 Å². The van der Waals surface area contributed by atoms with E-state index in [2.05, 4.69) is 5.16 Å². The number of carbonyl (C=O) groups excluding carboxylic acids is 2. The lowest BCUT2D eigenvalue weighted by atomic mass is 9.62. The topological polar surface area (TPSA) is 85.2 Å². The van der Waals surface area contributed by atoms with Crippen LogP contribution in [0.1, 0.15) is 46.0 Å². The van der Waals surface area contributed by atoms with E-state index in [0.717, 1.165) is 12.8 Å². The van der Waals surface area contributed by atoms with Gasteiger partial charge in [-0.15, -0.1) is 0 Å². The monoisotopic (exact) mass is 297 g/mol. The van der Waals surface area contributed by atoms with Gasteiger partial charge in [0.05, 0.1) is 18.9 Å². The summed E-state index contributed by atoms with van der Waals surface area (Å²) < 4.78 is 10.4. The lowest BCUT2D eigenvalue weighted by Crippen LogP contribution is -2.53. The van der Waals surface area contributed by atoms with E-state index in [1.807, 2.05) is 0 Å². The normalized spacial score (nSPS) is 29.0. The molecule has 0 radical (unpaired) electrons. The van der Waals surface area contributed by atoms with Crippen molar-refractivity contribution in [3.8, 4) is 0 Å². The number of hydrogen-bond acceptors (Lipinski definition) is 6. The number of rotatable bonds is 4. The smallest absolute Gasteiger partial charge is 0.324 e. The molecule has 6 nitrogen and oxygen atoms in total. The Balaban J connectivity index is 2.47. The average Bonchev–Trinajstić information content (AvgIpc) is 2.79. The number of nitrogens with zero attached hydrogens (tertiary/aromatic N) is 1. The van der Waals surface area contributed by atoms with Crippen LogP contribution in [0.4, 0.5) is 0 Å². The molecule has 0 spiro atoms. The van der Waals surface area contributed by atoms with Crippen LogP contribution < -0.4 is 0 Å². The first kappa shape index (κ1) is 15.8. The zero-order valence-electron chi connectivity index (χ0n) is 12.6. The van der Waals surface area contributed by atoms with Crippen molar-refractivity contribution in [2.24, 2.45) is 22.4 Å². The Morgan fingerprint density at radius 1 is 1.24 bits per heavy atom. The first-order valence-electron chi connectivity index (χ1n) is 7.65. The summed E-state index contributed by atoms with van der Waals surface area (Å²) in [6, 6.07) is 0. The van der Waals surface area contributed by atoms with Crippen LogP contribution in [0.2, 0.25) is 0 Å². The maximum Gasteiger partial charge on any atom is 0.324 e. The molecule has 0 aromatic carbocycles. The molecule has 1 N–H and O–H groups in total. The quantitative estimate of drug-likeness (QED) is 0.372. The van der Waals surface area contributed by atoms with Crippen molar-refractivity contribution in [3.63, 3.8) is 0 Å². The summed E-state index contributed by atoms with van der Waals surface area (Å²) in [5, 5.41) is 12.6. The number of carbonyl (C=O) groups is 2. The average molecular weight is 297 g/mol. The van der Waals surface area contributed by atoms with E-state index < -0.39 is 23.3 Å². The molecule has 0 aromatic rings. The molecular weight excluding hydrogens is 274 g/mol. The van der Waals surface area contributed by atoms with Crippen LogP contribution in [-0.2, 0) is 19.1 Å². The Hall–Kier alpha value is -1.59. The van der Waals surface area contributed by atoms with Crippen molar-refractivity contribution in [1.29, 1.82) is 0 Å². The summed E-state index contributed by atoms with van der Waals surface area (Å²) >= 11 is 0. The molecule has 2 atom stereocenters. The predicted molar refractivity (Wildman–Crippen MR) is 75.0 cm³/mol. The van der Waals surface area contributed by atoms with Gasteiger partial charge in [0.1, 0.15) is 0 Å². The van der Waals surface area contributed by atoms with E-state index in [9.17, 15) is 14.8 Å². The highest BCUT2D eigenvalue weighted by atomic mass is 16.6. The fraction of sp³-hybridized carbons (Fsp3) is 0.800. The highest BCUT2D eigenvalue weighted by Crippen LogP contribution is 2.51. The van der Waals surface area contributed by atoms with Gasteiger partial charge in [-0.1, -0.05) is 18.0 Å². The van der Waals surface area contributed by atoms with E-state index in [1.54, 1.807) is 13.8 Å². The zero-order chi connectivity index (χ0) is 15.5. The lowest BCUT2D eigenvalue weighted by Gasteiger charge is -2.40. The minimum Gasteiger partial charge on any atom is -0.465 e. The molecule has 0 aliphatic heterocycles. The van der Waals surface area contributed by atoms with Crippen LogP contribution in [-0.4, -0.2) is 36.1 Å². The first-order chi connectivity index (χ1) is 10.1. The maximum atomic E-state index is 12.6. The second kappa shape index (κ2) is 6.45. The van der Waals surface area contributed by atoms with E-state index in [-0.39, 0.29) is 19.1 Å². The summed E-state index contributed by atoms with van der Waals surface area (Å²) in [7, 11) is 0. The van der Waals surface area contributed by atoms with Gasteiger partial charge < -0.3 is 14.7 Å². The van der Waals surface area contributed by atoms with Gasteiger partial charge in [-0.3, -0.25) is 9.59 Å². The fourth-order valence-electron chi connectivity index (χ4n) is 3.78. The van der Waals surface area contributed by atoms with Gasteiger partial charge in [-0.2, -0.15) is 0 Å². The molecule has 3 fully saturated rings. The van der Waals surface area contributed by atoms with Gasteiger partial charge in [-0.25, -0.2) is 0 Å². The Bertz CT molecular complexity index is 427. The molecule has 2 unspecified atom stereocenters. The van der Waals surface area contributed by atoms with E-state index in [1.165, 1.54) is 0 Å². The van der Waals surface area contributed by atoms with E-state index in [0.29, 0.717) is 25.0 Å². The summed E-state index contributed by atoms with van der Waals surface area (Å²) in [6.07, 6.45) is 3.55. The number of esters is 2. The standard InChI is InChI=1S/C15H23NO5/c1-3-20-13(17)15(14(18)21-4-2)9-10-6-5-7-11(15)12(8-10)16-19/h10-11,19H,3-9H2,1-2H3/b16-12+. The molecule has 3 rings (SSSR count). The van der Waals surface area contributed by atoms with Gasteiger partial charge in [0.15, 0.2) is 5.41 Å². The fourth-order valence-corrected chi connectivity index (χ4v) is 3.78. The van der Waals surface area contributed by atoms with Crippen molar-refractivity contribution in [2.45, 2.75) is 46.0 Å². The Kier molecular flexibility index (Phi) is 4.85. The molecule has 118 valence electrons. The van der Waals surface area contributed by atoms with Crippen LogP contribution in [0, 0.1) is 17.3 Å². The number of ether oxygens (including phenoxy) is 2. The molecule has 0 saturated heterocycles. The number of hydrogen-bond donors (Lipinski definition) is 1. The molecule has 3 saturated carbocycles. The molecule has 6 heteroatoms. The molecule has 0 heterocycles. The Labute approximate surface area is 124 Å². The van der Waals surface area contributed by atoms with Crippen LogP contribution in [0.5, 0.6) is 0 Å². The van der Waals surface area contributed by atoms with Crippen LogP contribution >= 0.6 is 0 Å². The van der Waals surface area contributed by atoms with Crippen molar-refractivity contribution in [1.82, 2.24) is 0 Å². The van der Waals surface area contributed by atoms with Crippen LogP contribution in [0.3, 0.4) is 0 Å². The second-order valence-electron chi connectivity index (χ2n) is 5.76. The summed E-state index contributed by atoms with van der Waals surface area (Å²) in [4.78, 5) is 25.2. The molecule has 3 aliphatic rings. The SMILES string of the molecule is CCOC(=O)C1(C(=O)OCC)CC2CCCC1/C(=N/O)C2. The number of fused-ring (bicyclic) bond motifs is 4. The molecule has 0 aromatic heterocycles. The van der Waals surface area contributed by atoms with Gasteiger partial charge in [0.25, 0.3) is 0 Å². The van der Waals surface area contributed by atoms with Crippen LogP contribution in [0.15, 0.2) is 5.16 Å². The third-order valence-corrected chi connectivity index (χ3v) is 4.62. The van der Waals surface area contributed by atoms with Crippen molar-refractivity contribution < 1.29 is 24.3 Å².